The monoisotopic (exact) mass is 658 g/mol. The van der Waals surface area contributed by atoms with Gasteiger partial charge in [-0.05, 0) is 62.2 Å². The Balaban J connectivity index is 1.36. The van der Waals surface area contributed by atoms with E-state index in [-0.39, 0.29) is 54.8 Å². The minimum Gasteiger partial charge on any atom is -0.487 e. The normalized spacial score (nSPS) is 16.4. The third kappa shape index (κ3) is 9.95. The zero-order chi connectivity index (χ0) is 34.6. The zero-order valence-electron chi connectivity index (χ0n) is 27.8. The molecule has 0 saturated carbocycles. The van der Waals surface area contributed by atoms with E-state index in [1.165, 1.54) is 4.90 Å². The van der Waals surface area contributed by atoms with E-state index >= 15 is 0 Å². The van der Waals surface area contributed by atoms with E-state index in [0.29, 0.717) is 60.7 Å². The Morgan fingerprint density at radius 2 is 1.60 bits per heavy atom. The number of carbonyl (C=O) groups excluding carboxylic acids is 4. The third-order valence-corrected chi connectivity index (χ3v) is 8.32. The fraction of sp³-hybridized carbons (Fsp3) is 0.389. The van der Waals surface area contributed by atoms with Crippen LogP contribution in [0.15, 0.2) is 72.8 Å². The molecule has 0 bridgehead atoms. The van der Waals surface area contributed by atoms with Crippen LogP contribution in [-0.2, 0) is 9.59 Å². The number of fused-ring (bicyclic) bond motifs is 1. The van der Waals surface area contributed by atoms with E-state index in [2.05, 4.69) is 16.0 Å². The predicted octanol–water partition coefficient (Wildman–Crippen LogP) is 5.18. The number of aliphatic hydroxyl groups is 1. The van der Waals surface area contributed by atoms with Gasteiger partial charge in [0, 0.05) is 43.7 Å². The van der Waals surface area contributed by atoms with Crippen molar-refractivity contribution in [1.29, 1.82) is 0 Å². The average molecular weight is 659 g/mol. The van der Waals surface area contributed by atoms with Crippen molar-refractivity contribution < 1.29 is 29.0 Å². The molecule has 12 nitrogen and oxygen atoms in total. The van der Waals surface area contributed by atoms with Crippen LogP contribution in [0.25, 0.3) is 0 Å². The van der Waals surface area contributed by atoms with Crippen LogP contribution >= 0.6 is 0 Å². The van der Waals surface area contributed by atoms with E-state index in [9.17, 15) is 24.3 Å². The number of para-hydroxylation sites is 3. The molecule has 12 heteroatoms. The van der Waals surface area contributed by atoms with Crippen LogP contribution in [0.1, 0.15) is 56.3 Å². The number of rotatable bonds is 13. The highest BCUT2D eigenvalue weighted by Gasteiger charge is 2.34. The largest absolute Gasteiger partial charge is 0.487 e. The van der Waals surface area contributed by atoms with Crippen molar-refractivity contribution in [1.82, 2.24) is 9.80 Å². The molecule has 0 radical (unpaired) electrons. The summed E-state index contributed by atoms with van der Waals surface area (Å²) in [6.45, 7) is 4.04. The topological polar surface area (TPSA) is 166 Å². The molecule has 0 aliphatic carbocycles. The Kier molecular flexibility index (Phi) is 12.8. The number of anilines is 4. The summed E-state index contributed by atoms with van der Waals surface area (Å²) in [6, 6.07) is 20.4. The van der Waals surface area contributed by atoms with Crippen molar-refractivity contribution >= 4 is 46.5 Å². The van der Waals surface area contributed by atoms with Crippen molar-refractivity contribution in [2.24, 2.45) is 5.92 Å². The molecule has 1 heterocycles. The average Bonchev–Trinajstić information content (AvgIpc) is 3.07. The highest BCUT2D eigenvalue weighted by Crippen LogP contribution is 2.31. The van der Waals surface area contributed by atoms with Crippen molar-refractivity contribution in [2.75, 3.05) is 48.4 Å². The van der Waals surface area contributed by atoms with Crippen LogP contribution in [0.2, 0.25) is 0 Å². The molecule has 0 fully saturated rings. The summed E-state index contributed by atoms with van der Waals surface area (Å²) in [4.78, 5) is 54.9. The molecule has 5 amide bonds. The number of nitrogens with zero attached hydrogens (tertiary/aromatic N) is 2. The number of benzene rings is 3. The summed E-state index contributed by atoms with van der Waals surface area (Å²) in [6.07, 6.45) is 2.00. The van der Waals surface area contributed by atoms with Crippen LogP contribution in [0, 0.1) is 5.92 Å². The second-order valence-corrected chi connectivity index (χ2v) is 12.3. The lowest BCUT2D eigenvalue weighted by molar-refractivity contribution is -0.116. The van der Waals surface area contributed by atoms with Gasteiger partial charge in [-0.1, -0.05) is 43.7 Å². The summed E-state index contributed by atoms with van der Waals surface area (Å²) in [5.74, 6) is -0.511. The molecule has 6 N–H and O–H groups in total. The van der Waals surface area contributed by atoms with Crippen molar-refractivity contribution in [3.8, 4) is 5.75 Å². The standard InChI is InChI=1S/C36H46N6O6/c1-24-21-42(25(2)23-43)35(46)28-20-27(38-33(44)16-8-5-9-17-34(45)40-30-15-11-10-14-29(30)37)18-19-31(28)48-32(24)22-41(3)36(47)39-26-12-6-4-7-13-26/h4,6-7,10-15,18-20,24-25,32,43H,5,8-9,16-17,21-23,37H2,1-3H3,(H,38,44)(H,39,47)(H,40,45)/t24-,25+,32-/m1/s1. The fourth-order valence-corrected chi connectivity index (χ4v) is 5.41. The van der Waals surface area contributed by atoms with E-state index in [0.717, 1.165) is 0 Å². The number of nitrogens with two attached hydrogens (primary N) is 1. The highest BCUT2D eigenvalue weighted by atomic mass is 16.5. The van der Waals surface area contributed by atoms with Gasteiger partial charge in [0.1, 0.15) is 11.9 Å². The number of aliphatic hydroxyl groups excluding tert-OH is 1. The van der Waals surface area contributed by atoms with E-state index < -0.39 is 12.1 Å². The van der Waals surface area contributed by atoms with E-state index in [1.807, 2.05) is 25.1 Å². The number of nitrogen functional groups attached to an aromatic ring is 1. The van der Waals surface area contributed by atoms with Crippen LogP contribution in [0.3, 0.4) is 0 Å². The summed E-state index contributed by atoms with van der Waals surface area (Å²) < 4.78 is 6.38. The molecule has 3 aromatic carbocycles. The number of urea groups is 1. The maximum atomic E-state index is 13.8. The van der Waals surface area contributed by atoms with Gasteiger partial charge in [0.05, 0.1) is 36.1 Å². The number of ether oxygens (including phenoxy) is 1. The van der Waals surface area contributed by atoms with E-state index in [4.69, 9.17) is 10.5 Å². The van der Waals surface area contributed by atoms with Crippen molar-refractivity contribution in [3.63, 3.8) is 0 Å². The van der Waals surface area contributed by atoms with Gasteiger partial charge in [0.15, 0.2) is 0 Å². The first-order valence-corrected chi connectivity index (χ1v) is 16.3. The molecule has 1 aliphatic rings. The SMILES string of the molecule is C[C@@H]1CN([C@@H](C)CO)C(=O)c2cc(NC(=O)CCCCCC(=O)Nc3ccccc3N)ccc2O[C@@H]1CN(C)C(=O)Nc1ccccc1. The molecular weight excluding hydrogens is 612 g/mol. The molecule has 3 atom stereocenters. The molecule has 1 aliphatic heterocycles. The molecule has 0 aromatic heterocycles. The first kappa shape index (κ1) is 35.7. The van der Waals surface area contributed by atoms with Gasteiger partial charge in [-0.25, -0.2) is 4.79 Å². The Labute approximate surface area is 281 Å². The first-order valence-electron chi connectivity index (χ1n) is 16.3. The predicted molar refractivity (Wildman–Crippen MR) is 187 cm³/mol. The molecule has 3 aromatic rings. The Morgan fingerprint density at radius 3 is 2.29 bits per heavy atom. The van der Waals surface area contributed by atoms with Crippen LogP contribution in [0.5, 0.6) is 5.75 Å². The first-order chi connectivity index (χ1) is 23.0. The summed E-state index contributed by atoms with van der Waals surface area (Å²) in [5, 5.41) is 18.5. The summed E-state index contributed by atoms with van der Waals surface area (Å²) in [7, 11) is 1.68. The van der Waals surface area contributed by atoms with Gasteiger partial charge >= 0.3 is 6.03 Å². The molecule has 0 unspecified atom stereocenters. The molecule has 0 spiro atoms. The number of unbranched alkanes of at least 4 members (excludes halogenated alkanes) is 2. The van der Waals surface area contributed by atoms with Gasteiger partial charge in [0.2, 0.25) is 11.8 Å². The Bertz CT molecular complexity index is 1570. The maximum absolute atomic E-state index is 13.8. The number of likely N-dealkylation sites (N-methyl/N-ethyl adjacent to an activating group) is 1. The fourth-order valence-electron chi connectivity index (χ4n) is 5.41. The van der Waals surface area contributed by atoms with E-state index in [1.54, 1.807) is 73.5 Å². The van der Waals surface area contributed by atoms with Crippen LogP contribution < -0.4 is 26.4 Å². The molecule has 4 rings (SSSR count). The Hall–Kier alpha value is -5.10. The number of carbonyl (C=O) groups is 4. The lowest BCUT2D eigenvalue weighted by Crippen LogP contribution is -2.50. The smallest absolute Gasteiger partial charge is 0.321 e. The number of hydrogen-bond donors (Lipinski definition) is 5. The zero-order valence-corrected chi connectivity index (χ0v) is 27.8. The lowest BCUT2D eigenvalue weighted by Gasteiger charge is -2.38. The van der Waals surface area contributed by atoms with Crippen molar-refractivity contribution in [2.45, 2.75) is 58.1 Å². The molecule has 0 saturated heterocycles. The minimum absolute atomic E-state index is 0.131. The number of nitrogens with one attached hydrogen (secondary N) is 3. The van der Waals surface area contributed by atoms with Gasteiger partial charge < -0.3 is 41.3 Å². The van der Waals surface area contributed by atoms with Crippen LogP contribution in [-0.4, -0.2) is 77.5 Å². The lowest BCUT2D eigenvalue weighted by atomic mass is 9.99. The quantitative estimate of drug-likeness (QED) is 0.125. The maximum Gasteiger partial charge on any atom is 0.321 e. The van der Waals surface area contributed by atoms with Crippen LogP contribution in [0.4, 0.5) is 27.5 Å². The van der Waals surface area contributed by atoms with Gasteiger partial charge in [-0.15, -0.1) is 0 Å². The minimum atomic E-state index is -0.468. The highest BCUT2D eigenvalue weighted by molar-refractivity contribution is 6.00. The number of hydrogen-bond acceptors (Lipinski definition) is 7. The summed E-state index contributed by atoms with van der Waals surface area (Å²) in [5.41, 5.74) is 8.33. The summed E-state index contributed by atoms with van der Waals surface area (Å²) >= 11 is 0. The molecule has 48 heavy (non-hydrogen) atoms. The Morgan fingerprint density at radius 1 is 0.938 bits per heavy atom. The van der Waals surface area contributed by atoms with Crippen molar-refractivity contribution in [3.05, 3.63) is 78.4 Å². The molecule has 256 valence electrons. The second kappa shape index (κ2) is 17.2. The third-order valence-electron chi connectivity index (χ3n) is 8.32. The molecular formula is C36H46N6O6. The van der Waals surface area contributed by atoms with Gasteiger partial charge in [-0.3, -0.25) is 14.4 Å². The van der Waals surface area contributed by atoms with Gasteiger partial charge in [0.25, 0.3) is 5.91 Å². The second-order valence-electron chi connectivity index (χ2n) is 12.3. The van der Waals surface area contributed by atoms with Gasteiger partial charge in [-0.2, -0.15) is 0 Å². The number of amides is 5.